The molecule has 0 bridgehead atoms. The Hall–Kier alpha value is -1.02. The van der Waals surface area contributed by atoms with E-state index < -0.39 is 0 Å². The van der Waals surface area contributed by atoms with E-state index in [-0.39, 0.29) is 0 Å². The van der Waals surface area contributed by atoms with Gasteiger partial charge in [-0.05, 0) is 50.2 Å². The van der Waals surface area contributed by atoms with Crippen LogP contribution in [0.2, 0.25) is 0 Å². The van der Waals surface area contributed by atoms with Crippen LogP contribution in [0.15, 0.2) is 18.2 Å². The SMILES string of the molecule is CCC1CCC(NCC2Cc3cc(C)ccc3O2)CC1. The van der Waals surface area contributed by atoms with Gasteiger partial charge in [0, 0.05) is 19.0 Å². The zero-order chi connectivity index (χ0) is 13.9. The second kappa shape index (κ2) is 6.17. The Balaban J connectivity index is 1.45. The average Bonchev–Trinajstić information content (AvgIpc) is 2.87. The Bertz CT molecular complexity index is 449. The van der Waals surface area contributed by atoms with Crippen molar-refractivity contribution in [3.8, 4) is 5.75 Å². The average molecular weight is 273 g/mol. The van der Waals surface area contributed by atoms with Crippen LogP contribution in [0.4, 0.5) is 0 Å². The molecule has 0 radical (unpaired) electrons. The number of hydrogen-bond donors (Lipinski definition) is 1. The van der Waals surface area contributed by atoms with Gasteiger partial charge in [0.25, 0.3) is 0 Å². The van der Waals surface area contributed by atoms with Crippen LogP contribution in [-0.4, -0.2) is 18.7 Å². The second-order valence-corrected chi connectivity index (χ2v) is 6.59. The van der Waals surface area contributed by atoms with Crippen LogP contribution in [0, 0.1) is 12.8 Å². The molecule has 0 saturated heterocycles. The normalized spacial score (nSPS) is 29.0. The quantitative estimate of drug-likeness (QED) is 0.899. The van der Waals surface area contributed by atoms with E-state index in [1.165, 1.54) is 43.2 Å². The van der Waals surface area contributed by atoms with Crippen molar-refractivity contribution in [1.82, 2.24) is 5.32 Å². The molecule has 20 heavy (non-hydrogen) atoms. The lowest BCUT2D eigenvalue weighted by Gasteiger charge is -2.29. The number of hydrogen-bond acceptors (Lipinski definition) is 2. The standard InChI is InChI=1S/C18H27NO/c1-3-14-5-7-16(8-6-14)19-12-17-11-15-10-13(2)4-9-18(15)20-17/h4,9-10,14,16-17,19H,3,5-8,11-12H2,1-2H3. The summed E-state index contributed by atoms with van der Waals surface area (Å²) in [6.07, 6.45) is 8.24. The monoisotopic (exact) mass is 273 g/mol. The number of ether oxygens (including phenoxy) is 1. The molecule has 1 N–H and O–H groups in total. The summed E-state index contributed by atoms with van der Waals surface area (Å²) in [4.78, 5) is 0. The number of aryl methyl sites for hydroxylation is 1. The van der Waals surface area contributed by atoms with E-state index in [0.29, 0.717) is 12.1 Å². The third-order valence-corrected chi connectivity index (χ3v) is 5.02. The molecule has 1 unspecified atom stereocenters. The second-order valence-electron chi connectivity index (χ2n) is 6.59. The Morgan fingerprint density at radius 2 is 2.00 bits per heavy atom. The maximum absolute atomic E-state index is 6.03. The fourth-order valence-electron chi connectivity index (χ4n) is 3.64. The number of fused-ring (bicyclic) bond motifs is 1. The van der Waals surface area contributed by atoms with Gasteiger partial charge in [-0.1, -0.05) is 31.0 Å². The summed E-state index contributed by atoms with van der Waals surface area (Å²) >= 11 is 0. The molecular formula is C18H27NO. The van der Waals surface area contributed by atoms with Crippen molar-refractivity contribution in [3.05, 3.63) is 29.3 Å². The Morgan fingerprint density at radius 3 is 2.75 bits per heavy atom. The largest absolute Gasteiger partial charge is 0.488 e. The molecule has 1 atom stereocenters. The summed E-state index contributed by atoms with van der Waals surface area (Å²) < 4.78 is 6.03. The van der Waals surface area contributed by atoms with Crippen molar-refractivity contribution in [2.75, 3.05) is 6.54 Å². The summed E-state index contributed by atoms with van der Waals surface area (Å²) in [6, 6.07) is 7.24. The molecule has 110 valence electrons. The van der Waals surface area contributed by atoms with E-state index in [4.69, 9.17) is 4.74 Å². The Kier molecular flexibility index (Phi) is 4.30. The first-order valence-corrected chi connectivity index (χ1v) is 8.24. The van der Waals surface area contributed by atoms with Gasteiger partial charge in [-0.25, -0.2) is 0 Å². The molecule has 2 heteroatoms. The first-order valence-electron chi connectivity index (χ1n) is 8.24. The first-order chi connectivity index (χ1) is 9.74. The summed E-state index contributed by atoms with van der Waals surface area (Å²) in [6.45, 7) is 5.47. The molecule has 0 spiro atoms. The van der Waals surface area contributed by atoms with Crippen LogP contribution in [-0.2, 0) is 6.42 Å². The van der Waals surface area contributed by atoms with Crippen LogP contribution in [0.25, 0.3) is 0 Å². The highest BCUT2D eigenvalue weighted by Gasteiger charge is 2.25. The third kappa shape index (κ3) is 3.17. The lowest BCUT2D eigenvalue weighted by molar-refractivity contribution is 0.206. The van der Waals surface area contributed by atoms with Gasteiger partial charge < -0.3 is 10.1 Å². The van der Waals surface area contributed by atoms with E-state index in [9.17, 15) is 0 Å². The maximum Gasteiger partial charge on any atom is 0.123 e. The smallest absolute Gasteiger partial charge is 0.123 e. The molecule has 1 aromatic rings. The Labute approximate surface area is 122 Å². The van der Waals surface area contributed by atoms with Crippen molar-refractivity contribution in [2.45, 2.75) is 64.5 Å². The molecule has 1 aliphatic heterocycles. The number of rotatable bonds is 4. The molecule has 1 aliphatic carbocycles. The predicted octanol–water partition coefficient (Wildman–Crippen LogP) is 3.86. The van der Waals surface area contributed by atoms with Crippen LogP contribution in [0.5, 0.6) is 5.75 Å². The van der Waals surface area contributed by atoms with Gasteiger partial charge in [0.05, 0.1) is 0 Å². The molecule has 1 heterocycles. The van der Waals surface area contributed by atoms with Crippen molar-refractivity contribution < 1.29 is 4.74 Å². The van der Waals surface area contributed by atoms with Crippen molar-refractivity contribution in [1.29, 1.82) is 0 Å². The van der Waals surface area contributed by atoms with Crippen LogP contribution < -0.4 is 10.1 Å². The molecule has 1 aromatic carbocycles. The van der Waals surface area contributed by atoms with E-state index >= 15 is 0 Å². The molecule has 1 saturated carbocycles. The molecular weight excluding hydrogens is 246 g/mol. The fourth-order valence-corrected chi connectivity index (χ4v) is 3.64. The molecule has 2 aliphatic rings. The summed E-state index contributed by atoms with van der Waals surface area (Å²) in [5, 5.41) is 3.73. The highest BCUT2D eigenvalue weighted by molar-refractivity contribution is 5.40. The minimum absolute atomic E-state index is 0.329. The van der Waals surface area contributed by atoms with E-state index in [1.54, 1.807) is 0 Å². The molecule has 0 aromatic heterocycles. The minimum Gasteiger partial charge on any atom is -0.488 e. The van der Waals surface area contributed by atoms with Crippen LogP contribution in [0.3, 0.4) is 0 Å². The fraction of sp³-hybridized carbons (Fsp3) is 0.667. The lowest BCUT2D eigenvalue weighted by atomic mass is 9.84. The van der Waals surface area contributed by atoms with Gasteiger partial charge in [-0.3, -0.25) is 0 Å². The molecule has 0 amide bonds. The van der Waals surface area contributed by atoms with E-state index in [1.807, 2.05) is 0 Å². The topological polar surface area (TPSA) is 21.3 Å². The Morgan fingerprint density at radius 1 is 1.20 bits per heavy atom. The lowest BCUT2D eigenvalue weighted by Crippen LogP contribution is -2.39. The first kappa shape index (κ1) is 13.9. The van der Waals surface area contributed by atoms with Crippen molar-refractivity contribution >= 4 is 0 Å². The summed E-state index contributed by atoms with van der Waals surface area (Å²) in [5.41, 5.74) is 2.71. The van der Waals surface area contributed by atoms with Crippen molar-refractivity contribution in [2.24, 2.45) is 5.92 Å². The van der Waals surface area contributed by atoms with Gasteiger partial charge >= 0.3 is 0 Å². The van der Waals surface area contributed by atoms with Gasteiger partial charge in [0.2, 0.25) is 0 Å². The van der Waals surface area contributed by atoms with E-state index in [0.717, 1.165) is 24.6 Å². The van der Waals surface area contributed by atoms with Crippen molar-refractivity contribution in [3.63, 3.8) is 0 Å². The highest BCUT2D eigenvalue weighted by atomic mass is 16.5. The number of benzene rings is 1. The molecule has 1 fully saturated rings. The summed E-state index contributed by atoms with van der Waals surface area (Å²) in [5.74, 6) is 2.07. The van der Waals surface area contributed by atoms with Gasteiger partial charge in [-0.15, -0.1) is 0 Å². The van der Waals surface area contributed by atoms with Gasteiger partial charge in [-0.2, -0.15) is 0 Å². The molecule has 2 nitrogen and oxygen atoms in total. The zero-order valence-corrected chi connectivity index (χ0v) is 12.8. The maximum atomic E-state index is 6.03. The minimum atomic E-state index is 0.329. The zero-order valence-electron chi connectivity index (χ0n) is 12.8. The number of nitrogens with one attached hydrogen (secondary N) is 1. The van der Waals surface area contributed by atoms with Crippen LogP contribution >= 0.6 is 0 Å². The van der Waals surface area contributed by atoms with Gasteiger partial charge in [0.1, 0.15) is 11.9 Å². The third-order valence-electron chi connectivity index (χ3n) is 5.02. The van der Waals surface area contributed by atoms with Gasteiger partial charge in [0.15, 0.2) is 0 Å². The van der Waals surface area contributed by atoms with E-state index in [2.05, 4.69) is 37.4 Å². The molecule has 3 rings (SSSR count). The van der Waals surface area contributed by atoms with Crippen LogP contribution in [0.1, 0.15) is 50.2 Å². The summed E-state index contributed by atoms with van der Waals surface area (Å²) in [7, 11) is 0. The predicted molar refractivity (Wildman–Crippen MR) is 83.3 cm³/mol. The highest BCUT2D eigenvalue weighted by Crippen LogP contribution is 2.30.